The number of hydroxylamine groups is 1. The molecule has 0 atom stereocenters. The zero-order valence-electron chi connectivity index (χ0n) is 13.5. The molecule has 5 nitrogen and oxygen atoms in total. The van der Waals surface area contributed by atoms with E-state index in [2.05, 4.69) is 10.5 Å². The second kappa shape index (κ2) is 7.75. The van der Waals surface area contributed by atoms with Crippen LogP contribution in [0.1, 0.15) is 30.4 Å². The lowest BCUT2D eigenvalue weighted by molar-refractivity contribution is -0.119. The van der Waals surface area contributed by atoms with Gasteiger partial charge in [-0.3, -0.25) is 20.5 Å². The maximum atomic E-state index is 12.2. The second-order valence-electron chi connectivity index (χ2n) is 5.78. The third-order valence-corrected chi connectivity index (χ3v) is 4.14. The van der Waals surface area contributed by atoms with Crippen LogP contribution in [0.2, 0.25) is 0 Å². The smallest absolute Gasteiger partial charge is 0.226 e. The molecule has 2 aromatic rings. The van der Waals surface area contributed by atoms with Crippen molar-refractivity contribution in [1.82, 2.24) is 5.48 Å². The summed E-state index contributed by atoms with van der Waals surface area (Å²) in [5.74, 6) is 0.488. The third-order valence-electron chi connectivity index (χ3n) is 4.14. The molecule has 124 valence electrons. The number of rotatable bonds is 4. The molecule has 3 rings (SSSR count). The van der Waals surface area contributed by atoms with Gasteiger partial charge in [0.05, 0.1) is 12.2 Å². The lowest BCUT2D eigenvalue weighted by atomic mass is 10.1. The third kappa shape index (κ3) is 3.63. The van der Waals surface area contributed by atoms with Crippen LogP contribution in [0, 0.1) is 0 Å². The van der Waals surface area contributed by atoms with Crippen molar-refractivity contribution in [2.45, 2.75) is 25.8 Å². The first kappa shape index (κ1) is 16.2. The van der Waals surface area contributed by atoms with Crippen molar-refractivity contribution >= 4 is 17.4 Å². The number of hydrogen-bond donors (Lipinski definition) is 2. The fourth-order valence-electron chi connectivity index (χ4n) is 2.90. The van der Waals surface area contributed by atoms with Gasteiger partial charge < -0.3 is 4.90 Å². The molecule has 1 aliphatic heterocycles. The van der Waals surface area contributed by atoms with E-state index in [9.17, 15) is 10.0 Å². The van der Waals surface area contributed by atoms with Gasteiger partial charge in [-0.2, -0.15) is 0 Å². The minimum Gasteiger partial charge on any atom is -0.312 e. The minimum absolute atomic E-state index is 0.119. The highest BCUT2D eigenvalue weighted by Crippen LogP contribution is 2.25. The Hall–Kier alpha value is -2.66. The Balaban J connectivity index is 1.90. The van der Waals surface area contributed by atoms with Gasteiger partial charge in [-0.25, -0.2) is 0 Å². The van der Waals surface area contributed by atoms with Gasteiger partial charge in [0.25, 0.3) is 0 Å². The molecular formula is C19H21N3O2. The number of carbonyl (C=O) groups excluding carboxylic acids is 1. The molecular weight excluding hydrogens is 302 g/mol. The van der Waals surface area contributed by atoms with Crippen LogP contribution in [0.25, 0.3) is 0 Å². The van der Waals surface area contributed by atoms with Crippen LogP contribution in [0.3, 0.4) is 0 Å². The normalized spacial score (nSPS) is 15.5. The highest BCUT2D eigenvalue weighted by Gasteiger charge is 2.23. The summed E-state index contributed by atoms with van der Waals surface area (Å²) in [6, 6.07) is 17.4. The molecule has 0 radical (unpaired) electrons. The molecule has 1 fully saturated rings. The summed E-state index contributed by atoms with van der Waals surface area (Å²) in [5, 5.41) is 9.56. The van der Waals surface area contributed by atoms with Gasteiger partial charge in [-0.05, 0) is 30.5 Å². The summed E-state index contributed by atoms with van der Waals surface area (Å²) in [7, 11) is 0. The first-order valence-corrected chi connectivity index (χ1v) is 8.18. The number of nitrogens with zero attached hydrogens (tertiary/aromatic N) is 2. The summed E-state index contributed by atoms with van der Waals surface area (Å²) < 4.78 is 0. The molecule has 0 spiro atoms. The van der Waals surface area contributed by atoms with Crippen LogP contribution in [0.15, 0.2) is 59.6 Å². The minimum atomic E-state index is 0.119. The van der Waals surface area contributed by atoms with Crippen LogP contribution in [-0.2, 0) is 11.3 Å². The summed E-state index contributed by atoms with van der Waals surface area (Å²) in [6.45, 7) is 1.15. The number of anilines is 1. The zero-order chi connectivity index (χ0) is 16.8. The first-order valence-electron chi connectivity index (χ1n) is 8.18. The van der Waals surface area contributed by atoms with Crippen molar-refractivity contribution in [3.05, 3.63) is 65.7 Å². The predicted molar refractivity (Wildman–Crippen MR) is 94.3 cm³/mol. The number of para-hydroxylation sites is 1. The molecule has 0 saturated carbocycles. The van der Waals surface area contributed by atoms with E-state index in [1.54, 1.807) is 4.90 Å². The maximum Gasteiger partial charge on any atom is 0.226 e. The fourth-order valence-corrected chi connectivity index (χ4v) is 2.90. The molecule has 1 heterocycles. The highest BCUT2D eigenvalue weighted by atomic mass is 16.5. The average Bonchev–Trinajstić information content (AvgIpc) is 2.64. The van der Waals surface area contributed by atoms with Crippen molar-refractivity contribution in [1.29, 1.82) is 0 Å². The molecule has 2 N–H and O–H groups in total. The van der Waals surface area contributed by atoms with Crippen LogP contribution >= 0.6 is 0 Å². The number of piperidine rings is 1. The largest absolute Gasteiger partial charge is 0.312 e. The Morgan fingerprint density at radius 2 is 1.83 bits per heavy atom. The topological polar surface area (TPSA) is 64.9 Å². The Morgan fingerprint density at radius 1 is 1.08 bits per heavy atom. The van der Waals surface area contributed by atoms with Crippen molar-refractivity contribution in [3.63, 3.8) is 0 Å². The number of amides is 1. The van der Waals surface area contributed by atoms with Crippen LogP contribution in [0.4, 0.5) is 5.69 Å². The molecule has 1 aliphatic rings. The molecule has 0 aliphatic carbocycles. The molecule has 1 amide bonds. The average molecular weight is 323 g/mol. The standard InChI is InChI=1S/C19H21N3O2/c23-18-12-6-7-13-22(18)17-11-5-4-10-16(17)19(21-24)20-14-15-8-2-1-3-9-15/h1-5,8-11,24H,6-7,12-14H2,(H,20,21). The fraction of sp³-hybridized carbons (Fsp3) is 0.263. The van der Waals surface area contributed by atoms with Crippen molar-refractivity contribution in [2.24, 2.45) is 4.99 Å². The van der Waals surface area contributed by atoms with Gasteiger partial charge in [-0.1, -0.05) is 42.5 Å². The van der Waals surface area contributed by atoms with Crippen LogP contribution in [-0.4, -0.2) is 23.5 Å². The number of carbonyl (C=O) groups is 1. The van der Waals surface area contributed by atoms with Gasteiger partial charge in [0, 0.05) is 18.5 Å². The van der Waals surface area contributed by atoms with Crippen LogP contribution in [0.5, 0.6) is 0 Å². The number of nitrogens with one attached hydrogen (secondary N) is 1. The van der Waals surface area contributed by atoms with Crippen LogP contribution < -0.4 is 10.4 Å². The Bertz CT molecular complexity index is 728. The van der Waals surface area contributed by atoms with E-state index in [1.165, 1.54) is 0 Å². The molecule has 0 unspecified atom stereocenters. The zero-order valence-corrected chi connectivity index (χ0v) is 13.5. The molecule has 0 bridgehead atoms. The van der Waals surface area contributed by atoms with E-state index in [0.29, 0.717) is 25.3 Å². The van der Waals surface area contributed by atoms with Crippen molar-refractivity contribution in [3.8, 4) is 0 Å². The number of benzene rings is 2. The quantitative estimate of drug-likeness (QED) is 0.516. The van der Waals surface area contributed by atoms with Crippen molar-refractivity contribution < 1.29 is 10.0 Å². The van der Waals surface area contributed by atoms with Gasteiger partial charge in [0.15, 0.2) is 5.84 Å². The second-order valence-corrected chi connectivity index (χ2v) is 5.78. The molecule has 24 heavy (non-hydrogen) atoms. The van der Waals surface area contributed by atoms with Gasteiger partial charge in [0.2, 0.25) is 5.91 Å². The van der Waals surface area contributed by atoms with Crippen molar-refractivity contribution in [2.75, 3.05) is 11.4 Å². The Morgan fingerprint density at radius 3 is 2.58 bits per heavy atom. The Labute approximate surface area is 141 Å². The maximum absolute atomic E-state index is 12.2. The summed E-state index contributed by atoms with van der Waals surface area (Å²) in [4.78, 5) is 18.5. The summed E-state index contributed by atoms with van der Waals surface area (Å²) >= 11 is 0. The van der Waals surface area contributed by atoms with E-state index < -0.39 is 0 Å². The van der Waals surface area contributed by atoms with Gasteiger partial charge in [-0.15, -0.1) is 0 Å². The van der Waals surface area contributed by atoms with E-state index in [-0.39, 0.29) is 5.91 Å². The van der Waals surface area contributed by atoms with E-state index in [1.807, 2.05) is 54.6 Å². The first-order chi connectivity index (χ1) is 11.8. The SMILES string of the molecule is O=C1CCCCN1c1ccccc1C(=NCc1ccccc1)NO. The lowest BCUT2D eigenvalue weighted by Gasteiger charge is -2.28. The predicted octanol–water partition coefficient (Wildman–Crippen LogP) is 3.13. The van der Waals surface area contributed by atoms with E-state index >= 15 is 0 Å². The van der Waals surface area contributed by atoms with E-state index in [4.69, 9.17) is 0 Å². The molecule has 0 aromatic heterocycles. The number of aliphatic imine (C=N–C) groups is 1. The highest BCUT2D eigenvalue weighted by molar-refractivity contribution is 6.07. The monoisotopic (exact) mass is 323 g/mol. The molecule has 2 aromatic carbocycles. The Kier molecular flexibility index (Phi) is 5.23. The summed E-state index contributed by atoms with van der Waals surface area (Å²) in [5.41, 5.74) is 4.76. The number of amidine groups is 1. The molecule has 5 heteroatoms. The summed E-state index contributed by atoms with van der Waals surface area (Å²) in [6.07, 6.45) is 2.49. The molecule has 1 saturated heterocycles. The lowest BCUT2D eigenvalue weighted by Crippen LogP contribution is -2.37. The van der Waals surface area contributed by atoms with Gasteiger partial charge in [0.1, 0.15) is 0 Å². The number of hydrogen-bond acceptors (Lipinski definition) is 3. The van der Waals surface area contributed by atoms with E-state index in [0.717, 1.165) is 29.7 Å². The van der Waals surface area contributed by atoms with Gasteiger partial charge >= 0.3 is 0 Å².